The van der Waals surface area contributed by atoms with Crippen LogP contribution in [0, 0.1) is 0 Å². The van der Waals surface area contributed by atoms with E-state index in [0.717, 1.165) is 11.1 Å². The van der Waals surface area contributed by atoms with Crippen LogP contribution in [0.1, 0.15) is 52.6 Å². The SMILES string of the molecule is CCc1cccc(CC)c1C(=O)C(C)[P](=O)C(=O)c1c(OC)cc(OC)cc1OC. The molecule has 6 nitrogen and oxygen atoms in total. The van der Waals surface area contributed by atoms with E-state index in [-0.39, 0.29) is 22.8 Å². The number of rotatable bonds is 10. The minimum Gasteiger partial charge on any atom is -0.496 e. The average molecular weight is 431 g/mol. The van der Waals surface area contributed by atoms with Crippen molar-refractivity contribution in [2.75, 3.05) is 21.3 Å². The lowest BCUT2D eigenvalue weighted by Crippen LogP contribution is -2.20. The molecule has 0 aromatic heterocycles. The van der Waals surface area contributed by atoms with Gasteiger partial charge in [-0.1, -0.05) is 32.0 Å². The highest BCUT2D eigenvalue weighted by Crippen LogP contribution is 2.43. The van der Waals surface area contributed by atoms with Crippen LogP contribution in [-0.2, 0) is 17.4 Å². The zero-order valence-corrected chi connectivity index (χ0v) is 19.2. The van der Waals surface area contributed by atoms with E-state index in [0.29, 0.717) is 24.2 Å². The highest BCUT2D eigenvalue weighted by atomic mass is 31.1. The van der Waals surface area contributed by atoms with Crippen LogP contribution in [0.5, 0.6) is 17.2 Å². The van der Waals surface area contributed by atoms with Gasteiger partial charge < -0.3 is 14.2 Å². The standard InChI is InChI=1S/C23H28O6P/c1-7-15-10-9-11-16(8-2)20(15)22(24)14(3)30(26)23(25)21-18(28-5)12-17(27-4)13-19(21)29-6/h9-14H,7-8H2,1-6H3. The third-order valence-corrected chi connectivity index (χ3v) is 6.67. The summed E-state index contributed by atoms with van der Waals surface area (Å²) in [6, 6.07) is 8.74. The van der Waals surface area contributed by atoms with Crippen LogP contribution in [0.25, 0.3) is 0 Å². The Morgan fingerprint density at radius 2 is 1.40 bits per heavy atom. The Morgan fingerprint density at radius 1 is 0.900 bits per heavy atom. The normalized spacial score (nSPS) is 12.1. The maximum Gasteiger partial charge on any atom is 0.250 e. The van der Waals surface area contributed by atoms with Crippen LogP contribution < -0.4 is 14.2 Å². The molecule has 0 amide bonds. The molecule has 0 spiro atoms. The van der Waals surface area contributed by atoms with Crippen molar-refractivity contribution in [1.29, 1.82) is 0 Å². The van der Waals surface area contributed by atoms with Crippen molar-refractivity contribution in [1.82, 2.24) is 0 Å². The molecule has 0 aliphatic carbocycles. The molecule has 0 N–H and O–H groups in total. The van der Waals surface area contributed by atoms with Crippen LogP contribution >= 0.6 is 7.80 Å². The molecule has 2 aromatic carbocycles. The Balaban J connectivity index is 2.47. The zero-order chi connectivity index (χ0) is 22.4. The Labute approximate surface area is 178 Å². The van der Waals surface area contributed by atoms with Crippen LogP contribution in [0.2, 0.25) is 0 Å². The largest absolute Gasteiger partial charge is 0.496 e. The maximum absolute atomic E-state index is 13.3. The van der Waals surface area contributed by atoms with Crippen molar-refractivity contribution in [2.24, 2.45) is 0 Å². The second-order valence-corrected chi connectivity index (χ2v) is 8.57. The summed E-state index contributed by atoms with van der Waals surface area (Å²) < 4.78 is 29.0. The van der Waals surface area contributed by atoms with Crippen molar-refractivity contribution in [3.8, 4) is 17.2 Å². The first kappa shape index (κ1) is 23.6. The molecule has 2 unspecified atom stereocenters. The fourth-order valence-corrected chi connectivity index (χ4v) is 4.51. The Morgan fingerprint density at radius 3 is 1.80 bits per heavy atom. The van der Waals surface area contributed by atoms with Crippen molar-refractivity contribution in [2.45, 2.75) is 39.3 Å². The number of hydrogen-bond donors (Lipinski definition) is 0. The van der Waals surface area contributed by atoms with Crippen LogP contribution in [0.3, 0.4) is 0 Å². The van der Waals surface area contributed by atoms with E-state index in [1.54, 1.807) is 0 Å². The molecule has 0 saturated heterocycles. The molecule has 0 aliphatic heterocycles. The molecule has 2 atom stereocenters. The van der Waals surface area contributed by atoms with Gasteiger partial charge in [0.1, 0.15) is 22.8 Å². The number of ketones is 1. The molecular formula is C23H28O6P. The average Bonchev–Trinajstić information content (AvgIpc) is 2.80. The minimum atomic E-state index is -2.57. The molecule has 1 radical (unpaired) electrons. The third-order valence-electron chi connectivity index (χ3n) is 5.11. The topological polar surface area (TPSA) is 78.9 Å². The van der Waals surface area contributed by atoms with Crippen LogP contribution in [0.4, 0.5) is 0 Å². The number of ether oxygens (including phenoxy) is 3. The first-order valence-electron chi connectivity index (χ1n) is 9.80. The molecule has 0 aliphatic rings. The summed E-state index contributed by atoms with van der Waals surface area (Å²) in [5.41, 5.74) is 0.723. The quantitative estimate of drug-likeness (QED) is 0.386. The lowest BCUT2D eigenvalue weighted by atomic mass is 9.93. The Bertz CT molecular complexity index is 919. The van der Waals surface area contributed by atoms with E-state index in [1.165, 1.54) is 40.4 Å². The van der Waals surface area contributed by atoms with Gasteiger partial charge in [0.2, 0.25) is 5.52 Å². The molecule has 2 aromatic rings. The number of carbonyl (C=O) groups is 2. The predicted octanol–water partition coefficient (Wildman–Crippen LogP) is 5.08. The van der Waals surface area contributed by atoms with Crippen molar-refractivity contribution in [3.63, 3.8) is 0 Å². The fourth-order valence-electron chi connectivity index (χ4n) is 3.38. The molecule has 0 heterocycles. The van der Waals surface area contributed by atoms with E-state index in [4.69, 9.17) is 14.2 Å². The van der Waals surface area contributed by atoms with E-state index in [1.807, 2.05) is 32.0 Å². The first-order chi connectivity index (χ1) is 14.3. The summed E-state index contributed by atoms with van der Waals surface area (Å²) in [5, 5.41) is 0. The molecule has 0 fully saturated rings. The number of hydrogen-bond acceptors (Lipinski definition) is 6. The lowest BCUT2D eigenvalue weighted by molar-refractivity contribution is 0.0980. The molecule has 0 bridgehead atoms. The summed E-state index contributed by atoms with van der Waals surface area (Å²) >= 11 is 0. The Kier molecular flexibility index (Phi) is 8.13. The van der Waals surface area contributed by atoms with E-state index < -0.39 is 19.0 Å². The van der Waals surface area contributed by atoms with Gasteiger partial charge >= 0.3 is 0 Å². The second kappa shape index (κ2) is 10.4. The van der Waals surface area contributed by atoms with Gasteiger partial charge in [0.15, 0.2) is 13.6 Å². The molecule has 2 rings (SSSR count). The summed E-state index contributed by atoms with van der Waals surface area (Å²) in [6.45, 7) is 5.47. The molecule has 0 saturated carbocycles. The van der Waals surface area contributed by atoms with Crippen molar-refractivity contribution < 1.29 is 28.4 Å². The van der Waals surface area contributed by atoms with Gasteiger partial charge in [0.05, 0.1) is 27.0 Å². The number of methoxy groups -OCH3 is 3. The van der Waals surface area contributed by atoms with Crippen molar-refractivity contribution in [3.05, 3.63) is 52.6 Å². The van der Waals surface area contributed by atoms with Gasteiger partial charge in [-0.3, -0.25) is 14.2 Å². The smallest absolute Gasteiger partial charge is 0.250 e. The minimum absolute atomic E-state index is 0.0426. The highest BCUT2D eigenvalue weighted by Gasteiger charge is 2.33. The third kappa shape index (κ3) is 4.54. The number of aryl methyl sites for hydroxylation is 2. The number of Topliss-reactive ketones (excluding diaryl/α,β-unsaturated/α-hetero) is 1. The van der Waals surface area contributed by atoms with E-state index >= 15 is 0 Å². The van der Waals surface area contributed by atoms with Gasteiger partial charge in [0.25, 0.3) is 0 Å². The van der Waals surface area contributed by atoms with Gasteiger partial charge in [0, 0.05) is 17.7 Å². The molecular weight excluding hydrogens is 403 g/mol. The lowest BCUT2D eigenvalue weighted by Gasteiger charge is -2.17. The maximum atomic E-state index is 13.3. The summed E-state index contributed by atoms with van der Waals surface area (Å²) in [5.74, 6) is 0.513. The second-order valence-electron chi connectivity index (χ2n) is 6.74. The summed E-state index contributed by atoms with van der Waals surface area (Å²) in [4.78, 5) is 26.4. The van der Waals surface area contributed by atoms with E-state index in [9.17, 15) is 14.2 Å². The van der Waals surface area contributed by atoms with Gasteiger partial charge in [-0.15, -0.1) is 0 Å². The van der Waals surface area contributed by atoms with Crippen molar-refractivity contribution >= 4 is 19.1 Å². The van der Waals surface area contributed by atoms with Gasteiger partial charge in [-0.25, -0.2) is 0 Å². The molecule has 30 heavy (non-hydrogen) atoms. The number of carbonyl (C=O) groups excluding carboxylic acids is 2. The summed E-state index contributed by atoms with van der Waals surface area (Å²) in [7, 11) is 1.71. The van der Waals surface area contributed by atoms with Gasteiger partial charge in [-0.05, 0) is 30.9 Å². The van der Waals surface area contributed by atoms with Crippen LogP contribution in [-0.4, -0.2) is 38.3 Å². The number of benzene rings is 2. The first-order valence-corrected chi connectivity index (χ1v) is 11.1. The molecule has 161 valence electrons. The van der Waals surface area contributed by atoms with Crippen LogP contribution in [0.15, 0.2) is 30.3 Å². The molecule has 7 heteroatoms. The van der Waals surface area contributed by atoms with Gasteiger partial charge in [-0.2, -0.15) is 0 Å². The Hall–Kier alpha value is -2.72. The highest BCUT2D eigenvalue weighted by molar-refractivity contribution is 7.66. The summed E-state index contributed by atoms with van der Waals surface area (Å²) in [6.07, 6.45) is 1.35. The zero-order valence-electron chi connectivity index (χ0n) is 18.3. The fraction of sp³-hybridized carbons (Fsp3) is 0.391. The predicted molar refractivity (Wildman–Crippen MR) is 117 cm³/mol. The monoisotopic (exact) mass is 431 g/mol. The van der Waals surface area contributed by atoms with E-state index in [2.05, 4.69) is 0 Å².